The average Bonchev–Trinajstić information content (AvgIpc) is 3.55. The third kappa shape index (κ3) is 3.28. The Morgan fingerprint density at radius 3 is 2.67 bits per heavy atom. The molecule has 1 aliphatic rings. The highest BCUT2D eigenvalue weighted by molar-refractivity contribution is 6.02. The summed E-state index contributed by atoms with van der Waals surface area (Å²) in [5, 5.41) is 8.49. The summed E-state index contributed by atoms with van der Waals surface area (Å²) in [6, 6.07) is 13.8. The van der Waals surface area contributed by atoms with Gasteiger partial charge in [-0.05, 0) is 24.5 Å². The number of aromatic nitrogens is 4. The molecule has 5 rings (SSSR count). The summed E-state index contributed by atoms with van der Waals surface area (Å²) in [4.78, 5) is 21.3. The van der Waals surface area contributed by atoms with E-state index in [9.17, 15) is 4.79 Å². The summed E-state index contributed by atoms with van der Waals surface area (Å²) < 4.78 is 7.29. The summed E-state index contributed by atoms with van der Waals surface area (Å²) >= 11 is 0. The lowest BCUT2D eigenvalue weighted by molar-refractivity contribution is -0.117. The number of benzene rings is 2. The molecule has 7 heteroatoms. The lowest BCUT2D eigenvalue weighted by Crippen LogP contribution is -2.14. The van der Waals surface area contributed by atoms with Crippen molar-refractivity contribution in [2.75, 3.05) is 12.4 Å². The number of fused-ring (bicyclic) bond motifs is 1. The van der Waals surface area contributed by atoms with E-state index in [0.29, 0.717) is 17.1 Å². The molecule has 4 aromatic rings. The summed E-state index contributed by atoms with van der Waals surface area (Å²) in [7, 11) is 3.48. The first-order valence-corrected chi connectivity index (χ1v) is 9.87. The van der Waals surface area contributed by atoms with E-state index in [-0.39, 0.29) is 11.8 Å². The number of carbonyl (C=O) groups is 1. The predicted molar refractivity (Wildman–Crippen MR) is 115 cm³/mol. The second-order valence-electron chi connectivity index (χ2n) is 7.49. The van der Waals surface area contributed by atoms with Crippen LogP contribution in [0.1, 0.15) is 12.8 Å². The highest BCUT2D eigenvalue weighted by Crippen LogP contribution is 2.38. The Balaban J connectivity index is 1.68. The van der Waals surface area contributed by atoms with Gasteiger partial charge in [0.25, 0.3) is 0 Å². The fraction of sp³-hybridized carbons (Fsp3) is 0.217. The van der Waals surface area contributed by atoms with E-state index in [1.165, 1.54) is 6.33 Å². The monoisotopic (exact) mass is 399 g/mol. The van der Waals surface area contributed by atoms with Crippen LogP contribution in [0.15, 0.2) is 55.0 Å². The molecule has 1 fully saturated rings. The molecular formula is C23H21N5O2. The normalized spacial score (nSPS) is 13.4. The van der Waals surface area contributed by atoms with E-state index < -0.39 is 0 Å². The van der Waals surface area contributed by atoms with Crippen molar-refractivity contribution in [3.63, 3.8) is 0 Å². The Morgan fingerprint density at radius 2 is 1.93 bits per heavy atom. The van der Waals surface area contributed by atoms with Gasteiger partial charge in [-0.1, -0.05) is 30.3 Å². The second kappa shape index (κ2) is 7.26. The lowest BCUT2D eigenvalue weighted by Gasteiger charge is -2.13. The minimum Gasteiger partial charge on any atom is -0.494 e. The van der Waals surface area contributed by atoms with Crippen molar-refractivity contribution in [2.45, 2.75) is 12.8 Å². The van der Waals surface area contributed by atoms with Crippen molar-refractivity contribution in [1.29, 1.82) is 0 Å². The van der Waals surface area contributed by atoms with Crippen molar-refractivity contribution in [3.8, 4) is 28.3 Å². The number of nitrogens with zero attached hydrogens (tertiary/aromatic N) is 4. The number of hydrogen-bond donors (Lipinski definition) is 1. The van der Waals surface area contributed by atoms with Gasteiger partial charge < -0.3 is 10.1 Å². The van der Waals surface area contributed by atoms with Gasteiger partial charge in [0, 0.05) is 36.2 Å². The number of nitrogens with one attached hydrogen (secondary N) is 1. The summed E-state index contributed by atoms with van der Waals surface area (Å²) in [5.41, 5.74) is 4.87. The van der Waals surface area contributed by atoms with Gasteiger partial charge in [0.05, 0.1) is 18.3 Å². The summed E-state index contributed by atoms with van der Waals surface area (Å²) in [5.74, 6) is 0.691. The zero-order chi connectivity index (χ0) is 20.7. The molecule has 0 radical (unpaired) electrons. The molecule has 0 unspecified atom stereocenters. The number of amides is 1. The van der Waals surface area contributed by atoms with Crippen LogP contribution in [0.25, 0.3) is 33.4 Å². The summed E-state index contributed by atoms with van der Waals surface area (Å²) in [6.07, 6.45) is 5.38. The van der Waals surface area contributed by atoms with Gasteiger partial charge in [0.1, 0.15) is 23.5 Å². The number of aryl methyl sites for hydroxylation is 1. The fourth-order valence-corrected chi connectivity index (χ4v) is 3.61. The molecule has 1 amide bonds. The maximum Gasteiger partial charge on any atom is 0.227 e. The van der Waals surface area contributed by atoms with Gasteiger partial charge in [0.2, 0.25) is 5.91 Å². The maximum atomic E-state index is 12.4. The quantitative estimate of drug-likeness (QED) is 0.547. The zero-order valence-electron chi connectivity index (χ0n) is 16.8. The predicted octanol–water partition coefficient (Wildman–Crippen LogP) is 4.05. The first-order chi connectivity index (χ1) is 14.6. The molecule has 0 aliphatic heterocycles. The maximum absolute atomic E-state index is 12.4. The van der Waals surface area contributed by atoms with Crippen LogP contribution in [0.2, 0.25) is 0 Å². The van der Waals surface area contributed by atoms with Gasteiger partial charge in [-0.15, -0.1) is 0 Å². The van der Waals surface area contributed by atoms with Crippen LogP contribution in [0.5, 0.6) is 5.75 Å². The first kappa shape index (κ1) is 18.3. The smallest absolute Gasteiger partial charge is 0.227 e. The molecule has 30 heavy (non-hydrogen) atoms. The van der Waals surface area contributed by atoms with E-state index in [1.54, 1.807) is 11.8 Å². The topological polar surface area (TPSA) is 81.9 Å². The number of carbonyl (C=O) groups excluding carboxylic acids is 1. The first-order valence-electron chi connectivity index (χ1n) is 9.87. The van der Waals surface area contributed by atoms with Crippen LogP contribution < -0.4 is 10.1 Å². The Bertz CT molecular complexity index is 1250. The van der Waals surface area contributed by atoms with Crippen LogP contribution >= 0.6 is 0 Å². The minimum absolute atomic E-state index is 0.0221. The van der Waals surface area contributed by atoms with Crippen molar-refractivity contribution < 1.29 is 9.53 Å². The van der Waals surface area contributed by atoms with Crippen molar-refractivity contribution in [3.05, 3.63) is 55.0 Å². The van der Waals surface area contributed by atoms with Gasteiger partial charge in [-0.3, -0.25) is 9.48 Å². The second-order valence-corrected chi connectivity index (χ2v) is 7.49. The highest BCUT2D eigenvalue weighted by atomic mass is 16.5. The molecule has 0 saturated heterocycles. The molecule has 1 saturated carbocycles. The average molecular weight is 399 g/mol. The Labute approximate surface area is 173 Å². The van der Waals surface area contributed by atoms with Crippen LogP contribution in [0, 0.1) is 5.92 Å². The number of methoxy groups -OCH3 is 1. The minimum atomic E-state index is 0.0221. The third-order valence-electron chi connectivity index (χ3n) is 5.30. The van der Waals surface area contributed by atoms with E-state index in [4.69, 9.17) is 4.74 Å². The van der Waals surface area contributed by atoms with Crippen LogP contribution in [-0.4, -0.2) is 32.8 Å². The van der Waals surface area contributed by atoms with Crippen LogP contribution in [0.4, 0.5) is 5.69 Å². The number of rotatable bonds is 5. The highest BCUT2D eigenvalue weighted by Gasteiger charge is 2.30. The largest absolute Gasteiger partial charge is 0.494 e. The SMILES string of the molecule is COc1cc2ncnc(-c3nn(C)cc3-c3ccccc3)c2cc1NC(=O)C1CC1. The van der Waals surface area contributed by atoms with E-state index in [0.717, 1.165) is 40.6 Å². The van der Waals surface area contributed by atoms with Gasteiger partial charge in [0.15, 0.2) is 0 Å². The standard InChI is InChI=1S/C23H21N5O2/c1-28-12-17(14-6-4-3-5-7-14)22(27-28)21-16-10-19(26-23(29)15-8-9-15)20(30-2)11-18(16)24-13-25-21/h3-7,10-13,15H,8-9H2,1-2H3,(H,26,29). The summed E-state index contributed by atoms with van der Waals surface area (Å²) in [6.45, 7) is 0. The molecule has 0 bridgehead atoms. The van der Waals surface area contributed by atoms with Crippen molar-refractivity contribution >= 4 is 22.5 Å². The zero-order valence-corrected chi connectivity index (χ0v) is 16.8. The van der Waals surface area contributed by atoms with E-state index >= 15 is 0 Å². The Morgan fingerprint density at radius 1 is 1.13 bits per heavy atom. The molecule has 1 N–H and O–H groups in total. The number of ether oxygens (including phenoxy) is 1. The molecule has 2 heterocycles. The number of hydrogen-bond acceptors (Lipinski definition) is 5. The van der Waals surface area contributed by atoms with Gasteiger partial charge in [-0.2, -0.15) is 5.10 Å². The fourth-order valence-electron chi connectivity index (χ4n) is 3.61. The van der Waals surface area contributed by atoms with Crippen LogP contribution in [-0.2, 0) is 11.8 Å². The van der Waals surface area contributed by atoms with Crippen molar-refractivity contribution in [1.82, 2.24) is 19.7 Å². The molecule has 1 aliphatic carbocycles. The van der Waals surface area contributed by atoms with Crippen LogP contribution in [0.3, 0.4) is 0 Å². The lowest BCUT2D eigenvalue weighted by atomic mass is 10.0. The molecule has 0 spiro atoms. The molecule has 2 aromatic heterocycles. The molecule has 150 valence electrons. The molecular weight excluding hydrogens is 378 g/mol. The Hall–Kier alpha value is -3.74. The van der Waals surface area contributed by atoms with Gasteiger partial charge >= 0.3 is 0 Å². The number of anilines is 1. The van der Waals surface area contributed by atoms with E-state index in [2.05, 4.69) is 20.4 Å². The molecule has 2 aromatic carbocycles. The van der Waals surface area contributed by atoms with E-state index in [1.807, 2.05) is 55.7 Å². The molecule has 0 atom stereocenters. The Kier molecular flexibility index (Phi) is 4.43. The van der Waals surface area contributed by atoms with Gasteiger partial charge in [-0.25, -0.2) is 9.97 Å². The molecule has 7 nitrogen and oxygen atoms in total. The third-order valence-corrected chi connectivity index (χ3v) is 5.30. The van der Waals surface area contributed by atoms with Crippen molar-refractivity contribution in [2.24, 2.45) is 13.0 Å².